The highest BCUT2D eigenvalue weighted by Gasteiger charge is 2.08. The highest BCUT2D eigenvalue weighted by molar-refractivity contribution is 6.31. The molecule has 4 aromatic rings. The third kappa shape index (κ3) is 2.72. The molecule has 0 aliphatic rings. The first kappa shape index (κ1) is 13.7. The van der Waals surface area contributed by atoms with E-state index in [9.17, 15) is 0 Å². The number of hydrogen-bond acceptors (Lipinski definition) is 5. The van der Waals surface area contributed by atoms with Crippen molar-refractivity contribution in [3.05, 3.63) is 66.2 Å². The summed E-state index contributed by atoms with van der Waals surface area (Å²) in [6.45, 7) is 0. The average molecular weight is 324 g/mol. The third-order valence-corrected chi connectivity index (χ3v) is 3.52. The number of aromatic nitrogens is 5. The molecule has 2 heterocycles. The topological polar surface area (TPSA) is 65.7 Å². The molecule has 7 heteroatoms. The van der Waals surface area contributed by atoms with Gasteiger partial charge in [0.15, 0.2) is 0 Å². The fourth-order valence-corrected chi connectivity index (χ4v) is 2.40. The van der Waals surface area contributed by atoms with Gasteiger partial charge in [0.1, 0.15) is 12.1 Å². The van der Waals surface area contributed by atoms with Crippen LogP contribution in [0.1, 0.15) is 0 Å². The predicted molar refractivity (Wildman–Crippen MR) is 86.0 cm³/mol. The first-order chi connectivity index (χ1) is 11.3. The number of benzene rings is 2. The maximum absolute atomic E-state index is 5.99. The highest BCUT2D eigenvalue weighted by Crippen LogP contribution is 2.28. The molecule has 23 heavy (non-hydrogen) atoms. The summed E-state index contributed by atoms with van der Waals surface area (Å²) in [6, 6.07) is 12.9. The molecule has 6 nitrogen and oxygen atoms in total. The molecule has 4 rings (SSSR count). The second-order valence-electron chi connectivity index (χ2n) is 4.79. The fraction of sp³-hybridized carbons (Fsp3) is 0. The van der Waals surface area contributed by atoms with Gasteiger partial charge in [-0.3, -0.25) is 0 Å². The van der Waals surface area contributed by atoms with Crippen LogP contribution in [0.2, 0.25) is 5.02 Å². The number of ether oxygens (including phenoxy) is 1. The Morgan fingerprint density at radius 2 is 2.00 bits per heavy atom. The normalized spacial score (nSPS) is 10.8. The Morgan fingerprint density at radius 3 is 2.87 bits per heavy atom. The van der Waals surface area contributed by atoms with Crippen LogP contribution in [0.25, 0.3) is 16.6 Å². The highest BCUT2D eigenvalue weighted by atomic mass is 35.5. The Bertz CT molecular complexity index is 971. The molecule has 0 spiro atoms. The number of fused-ring (bicyclic) bond motifs is 1. The second kappa shape index (κ2) is 5.66. The Hall–Kier alpha value is -2.99. The van der Waals surface area contributed by atoms with Crippen LogP contribution in [-0.2, 0) is 0 Å². The first-order valence-electron chi connectivity index (χ1n) is 6.84. The lowest BCUT2D eigenvalue weighted by molar-refractivity contribution is 0.467. The zero-order valence-electron chi connectivity index (χ0n) is 11.8. The lowest BCUT2D eigenvalue weighted by atomic mass is 10.2. The van der Waals surface area contributed by atoms with Crippen LogP contribution in [0, 0.1) is 0 Å². The summed E-state index contributed by atoms with van der Waals surface area (Å²) in [5, 5.41) is 9.18. The Balaban J connectivity index is 1.72. The van der Waals surface area contributed by atoms with Crippen molar-refractivity contribution in [2.24, 2.45) is 0 Å². The van der Waals surface area contributed by atoms with Gasteiger partial charge in [0.2, 0.25) is 5.88 Å². The first-order valence-corrected chi connectivity index (χ1v) is 7.22. The summed E-state index contributed by atoms with van der Waals surface area (Å²) in [6.07, 6.45) is 4.84. The van der Waals surface area contributed by atoms with Gasteiger partial charge in [-0.05, 0) is 30.3 Å². The third-order valence-electron chi connectivity index (χ3n) is 3.28. The van der Waals surface area contributed by atoms with E-state index in [0.717, 1.165) is 16.6 Å². The minimum Gasteiger partial charge on any atom is -0.438 e. The standard InChI is InChI=1S/C16H10ClN5O/c17-11-4-5-14-15(8-11)18-10-19-16(14)23-13-3-1-2-12(9-13)22-7-6-20-21-22/h1-10H. The van der Waals surface area contributed by atoms with Crippen LogP contribution in [-0.4, -0.2) is 25.0 Å². The van der Waals surface area contributed by atoms with Crippen molar-refractivity contribution in [1.82, 2.24) is 25.0 Å². The summed E-state index contributed by atoms with van der Waals surface area (Å²) in [5.41, 5.74) is 1.58. The Labute approximate surface area is 136 Å². The van der Waals surface area contributed by atoms with Crippen LogP contribution in [0.3, 0.4) is 0 Å². The van der Waals surface area contributed by atoms with Crippen LogP contribution in [0.4, 0.5) is 0 Å². The number of hydrogen-bond donors (Lipinski definition) is 0. The van der Waals surface area contributed by atoms with Crippen LogP contribution in [0.15, 0.2) is 61.2 Å². The van der Waals surface area contributed by atoms with Crippen LogP contribution < -0.4 is 4.74 Å². The van der Waals surface area contributed by atoms with E-state index in [1.54, 1.807) is 29.2 Å². The van der Waals surface area contributed by atoms with Gasteiger partial charge in [0.25, 0.3) is 0 Å². The van der Waals surface area contributed by atoms with Crippen molar-refractivity contribution in [3.63, 3.8) is 0 Å². The lowest BCUT2D eigenvalue weighted by Gasteiger charge is -2.08. The predicted octanol–water partition coefficient (Wildman–Crippen LogP) is 3.66. The van der Waals surface area contributed by atoms with Gasteiger partial charge in [0.05, 0.1) is 29.0 Å². The summed E-state index contributed by atoms with van der Waals surface area (Å²) >= 11 is 5.99. The number of rotatable bonds is 3. The minimum absolute atomic E-state index is 0.474. The molecule has 2 aromatic heterocycles. The van der Waals surface area contributed by atoms with E-state index in [1.807, 2.05) is 30.3 Å². The van der Waals surface area contributed by atoms with Gasteiger partial charge in [-0.2, -0.15) is 0 Å². The summed E-state index contributed by atoms with van der Waals surface area (Å²) in [5.74, 6) is 1.12. The largest absolute Gasteiger partial charge is 0.438 e. The van der Waals surface area contributed by atoms with E-state index in [2.05, 4.69) is 20.3 Å². The van der Waals surface area contributed by atoms with E-state index in [4.69, 9.17) is 16.3 Å². The van der Waals surface area contributed by atoms with Gasteiger partial charge in [-0.15, -0.1) is 5.10 Å². The average Bonchev–Trinajstić information content (AvgIpc) is 3.09. The van der Waals surface area contributed by atoms with E-state index in [0.29, 0.717) is 16.7 Å². The van der Waals surface area contributed by atoms with Crippen LogP contribution in [0.5, 0.6) is 11.6 Å². The lowest BCUT2D eigenvalue weighted by Crippen LogP contribution is -1.96. The molecule has 0 fully saturated rings. The molecule has 0 aliphatic heterocycles. The summed E-state index contributed by atoms with van der Waals surface area (Å²) < 4.78 is 7.57. The molecule has 0 saturated heterocycles. The van der Waals surface area contributed by atoms with Gasteiger partial charge in [-0.25, -0.2) is 14.6 Å². The van der Waals surface area contributed by atoms with E-state index >= 15 is 0 Å². The Morgan fingerprint density at radius 1 is 1.04 bits per heavy atom. The maximum atomic E-state index is 5.99. The van der Waals surface area contributed by atoms with Gasteiger partial charge < -0.3 is 4.74 Å². The molecule has 0 unspecified atom stereocenters. The van der Waals surface area contributed by atoms with Crippen LogP contribution >= 0.6 is 11.6 Å². The van der Waals surface area contributed by atoms with E-state index in [-0.39, 0.29) is 0 Å². The molecule has 0 amide bonds. The molecule has 0 aliphatic carbocycles. The summed E-state index contributed by atoms with van der Waals surface area (Å²) in [7, 11) is 0. The fourth-order valence-electron chi connectivity index (χ4n) is 2.23. The molecule has 0 radical (unpaired) electrons. The molecule has 0 saturated carbocycles. The molecule has 112 valence electrons. The molecule has 0 N–H and O–H groups in total. The van der Waals surface area contributed by atoms with Crippen molar-refractivity contribution >= 4 is 22.5 Å². The van der Waals surface area contributed by atoms with Gasteiger partial charge in [0, 0.05) is 11.1 Å². The summed E-state index contributed by atoms with van der Waals surface area (Å²) in [4.78, 5) is 8.42. The Kier molecular flexibility index (Phi) is 3.36. The van der Waals surface area contributed by atoms with Crippen molar-refractivity contribution in [2.45, 2.75) is 0 Å². The van der Waals surface area contributed by atoms with Crippen molar-refractivity contribution < 1.29 is 4.74 Å². The van der Waals surface area contributed by atoms with Gasteiger partial charge >= 0.3 is 0 Å². The van der Waals surface area contributed by atoms with Gasteiger partial charge in [-0.1, -0.05) is 22.9 Å². The van der Waals surface area contributed by atoms with Crippen molar-refractivity contribution in [3.8, 4) is 17.3 Å². The molecule has 0 atom stereocenters. The zero-order chi connectivity index (χ0) is 15.6. The minimum atomic E-state index is 0.474. The molecular weight excluding hydrogens is 314 g/mol. The van der Waals surface area contributed by atoms with Crippen molar-refractivity contribution in [2.75, 3.05) is 0 Å². The molecule has 2 aromatic carbocycles. The monoisotopic (exact) mass is 323 g/mol. The number of halogens is 1. The quantitative estimate of drug-likeness (QED) is 0.575. The maximum Gasteiger partial charge on any atom is 0.230 e. The molecule has 0 bridgehead atoms. The zero-order valence-corrected chi connectivity index (χ0v) is 12.6. The smallest absolute Gasteiger partial charge is 0.230 e. The SMILES string of the molecule is Clc1ccc2c(Oc3cccc(-n4ccnn4)c3)ncnc2c1. The van der Waals surface area contributed by atoms with Crippen molar-refractivity contribution in [1.29, 1.82) is 0 Å². The molecular formula is C16H10ClN5O. The number of nitrogens with zero attached hydrogens (tertiary/aromatic N) is 5. The second-order valence-corrected chi connectivity index (χ2v) is 5.22. The van der Waals surface area contributed by atoms with E-state index < -0.39 is 0 Å². The van der Waals surface area contributed by atoms with E-state index in [1.165, 1.54) is 6.33 Å².